The van der Waals surface area contributed by atoms with E-state index in [9.17, 15) is 9.59 Å². The first kappa shape index (κ1) is 20.0. The van der Waals surface area contributed by atoms with Crippen LogP contribution >= 0.6 is 27.7 Å². The van der Waals surface area contributed by atoms with Crippen LogP contribution in [0.25, 0.3) is 0 Å². The fourth-order valence-corrected chi connectivity index (χ4v) is 4.30. The summed E-state index contributed by atoms with van der Waals surface area (Å²) in [5, 5.41) is 3.05. The SMILES string of the molecule is CC(NC(=O)c1ccccc1SCC(=O)N1CCCC1)c1ccc(Br)cc1. The van der Waals surface area contributed by atoms with E-state index in [0.29, 0.717) is 11.3 Å². The van der Waals surface area contributed by atoms with E-state index in [4.69, 9.17) is 0 Å². The van der Waals surface area contributed by atoms with Gasteiger partial charge in [-0.25, -0.2) is 0 Å². The van der Waals surface area contributed by atoms with Gasteiger partial charge in [0.25, 0.3) is 5.91 Å². The lowest BCUT2D eigenvalue weighted by Crippen LogP contribution is -2.29. The summed E-state index contributed by atoms with van der Waals surface area (Å²) in [7, 11) is 0. The zero-order valence-corrected chi connectivity index (χ0v) is 17.7. The summed E-state index contributed by atoms with van der Waals surface area (Å²) in [5.74, 6) is 0.394. The Morgan fingerprint density at radius 2 is 1.78 bits per heavy atom. The number of thioether (sulfide) groups is 1. The lowest BCUT2D eigenvalue weighted by molar-refractivity contribution is -0.127. The van der Waals surface area contributed by atoms with Crippen LogP contribution in [0.4, 0.5) is 0 Å². The lowest BCUT2D eigenvalue weighted by Gasteiger charge is -2.17. The van der Waals surface area contributed by atoms with Crippen molar-refractivity contribution in [1.29, 1.82) is 0 Å². The number of hydrogen-bond donors (Lipinski definition) is 1. The minimum atomic E-state index is -0.123. The molecule has 4 nitrogen and oxygen atoms in total. The Bertz CT molecular complexity index is 804. The van der Waals surface area contributed by atoms with Crippen molar-refractivity contribution < 1.29 is 9.59 Å². The first-order valence-corrected chi connectivity index (χ1v) is 10.9. The molecule has 0 saturated carbocycles. The number of nitrogens with one attached hydrogen (secondary N) is 1. The number of rotatable bonds is 6. The summed E-state index contributed by atoms with van der Waals surface area (Å²) in [5.41, 5.74) is 1.65. The summed E-state index contributed by atoms with van der Waals surface area (Å²) < 4.78 is 1.01. The summed E-state index contributed by atoms with van der Waals surface area (Å²) >= 11 is 4.86. The fraction of sp³-hybridized carbons (Fsp3) is 0.333. The molecule has 1 unspecified atom stereocenters. The van der Waals surface area contributed by atoms with Gasteiger partial charge in [0.2, 0.25) is 5.91 Å². The van der Waals surface area contributed by atoms with Crippen LogP contribution in [-0.2, 0) is 4.79 Å². The van der Waals surface area contributed by atoms with Gasteiger partial charge in [0, 0.05) is 22.5 Å². The molecule has 0 aliphatic carbocycles. The van der Waals surface area contributed by atoms with E-state index in [0.717, 1.165) is 40.9 Å². The molecule has 1 N–H and O–H groups in total. The number of halogens is 1. The number of carbonyl (C=O) groups excluding carboxylic acids is 2. The Kier molecular flexibility index (Phi) is 6.96. The van der Waals surface area contributed by atoms with Crippen LogP contribution in [0.5, 0.6) is 0 Å². The molecule has 2 aromatic rings. The molecule has 0 aromatic heterocycles. The second-order valence-corrected chi connectivity index (χ2v) is 8.55. The third-order valence-corrected chi connectivity index (χ3v) is 6.25. The smallest absolute Gasteiger partial charge is 0.252 e. The monoisotopic (exact) mass is 446 g/mol. The third-order valence-electron chi connectivity index (χ3n) is 4.66. The third kappa shape index (κ3) is 5.36. The highest BCUT2D eigenvalue weighted by Gasteiger charge is 2.20. The van der Waals surface area contributed by atoms with Crippen molar-refractivity contribution in [2.45, 2.75) is 30.7 Å². The van der Waals surface area contributed by atoms with Crippen LogP contribution in [0, 0.1) is 0 Å². The molecule has 0 spiro atoms. The largest absolute Gasteiger partial charge is 0.345 e. The van der Waals surface area contributed by atoms with E-state index in [1.807, 2.05) is 60.4 Å². The summed E-state index contributed by atoms with van der Waals surface area (Å²) in [6, 6.07) is 15.3. The molecule has 1 heterocycles. The summed E-state index contributed by atoms with van der Waals surface area (Å²) in [6.45, 7) is 3.67. The minimum Gasteiger partial charge on any atom is -0.345 e. The van der Waals surface area contributed by atoms with Gasteiger partial charge >= 0.3 is 0 Å². The zero-order valence-electron chi connectivity index (χ0n) is 15.3. The number of likely N-dealkylation sites (tertiary alicyclic amines) is 1. The van der Waals surface area contributed by atoms with Crippen molar-refractivity contribution in [3.05, 3.63) is 64.1 Å². The topological polar surface area (TPSA) is 49.4 Å². The second kappa shape index (κ2) is 9.42. The molecule has 27 heavy (non-hydrogen) atoms. The Morgan fingerprint density at radius 1 is 1.11 bits per heavy atom. The maximum Gasteiger partial charge on any atom is 0.252 e. The Labute approximate surface area is 172 Å². The standard InChI is InChI=1S/C21H23BrN2O2S/c1-15(16-8-10-17(22)11-9-16)23-21(26)18-6-2-3-7-19(18)27-14-20(25)24-12-4-5-13-24/h2-3,6-11,15H,4-5,12-14H2,1H3,(H,23,26). The van der Waals surface area contributed by atoms with Crippen LogP contribution in [0.1, 0.15) is 41.7 Å². The molecule has 2 aromatic carbocycles. The molecule has 1 saturated heterocycles. The Hall–Kier alpha value is -1.79. The van der Waals surface area contributed by atoms with Crippen molar-refractivity contribution >= 4 is 39.5 Å². The van der Waals surface area contributed by atoms with Gasteiger partial charge < -0.3 is 10.2 Å². The average molecular weight is 447 g/mol. The van der Waals surface area contributed by atoms with E-state index in [1.54, 1.807) is 0 Å². The second-order valence-electron chi connectivity index (χ2n) is 6.62. The van der Waals surface area contributed by atoms with Gasteiger partial charge in [-0.3, -0.25) is 9.59 Å². The molecular weight excluding hydrogens is 424 g/mol. The first-order valence-electron chi connectivity index (χ1n) is 9.10. The summed E-state index contributed by atoms with van der Waals surface area (Å²) in [6.07, 6.45) is 2.17. The number of nitrogens with zero attached hydrogens (tertiary/aromatic N) is 1. The normalized spacial score (nSPS) is 14.8. The number of amides is 2. The lowest BCUT2D eigenvalue weighted by atomic mass is 10.1. The van der Waals surface area contributed by atoms with Crippen LogP contribution < -0.4 is 5.32 Å². The Morgan fingerprint density at radius 3 is 2.48 bits per heavy atom. The quantitative estimate of drug-likeness (QED) is 0.656. The molecule has 142 valence electrons. The fourth-order valence-electron chi connectivity index (χ4n) is 3.09. The van der Waals surface area contributed by atoms with Crippen molar-refractivity contribution in [3.63, 3.8) is 0 Å². The highest BCUT2D eigenvalue weighted by molar-refractivity contribution is 9.10. The van der Waals surface area contributed by atoms with E-state index in [-0.39, 0.29) is 17.9 Å². The molecule has 6 heteroatoms. The van der Waals surface area contributed by atoms with Crippen LogP contribution in [0.15, 0.2) is 57.9 Å². The van der Waals surface area contributed by atoms with Crippen LogP contribution in [0.2, 0.25) is 0 Å². The maximum atomic E-state index is 12.8. The van der Waals surface area contributed by atoms with Gasteiger partial charge in [-0.2, -0.15) is 0 Å². The van der Waals surface area contributed by atoms with E-state index in [2.05, 4.69) is 21.2 Å². The van der Waals surface area contributed by atoms with Crippen molar-refractivity contribution in [1.82, 2.24) is 10.2 Å². The molecular formula is C21H23BrN2O2S. The van der Waals surface area contributed by atoms with Gasteiger partial charge in [-0.05, 0) is 49.6 Å². The van der Waals surface area contributed by atoms with Gasteiger partial charge in [-0.15, -0.1) is 11.8 Å². The van der Waals surface area contributed by atoms with E-state index < -0.39 is 0 Å². The van der Waals surface area contributed by atoms with Gasteiger partial charge in [0.05, 0.1) is 17.4 Å². The number of carbonyl (C=O) groups is 2. The average Bonchev–Trinajstić information content (AvgIpc) is 3.21. The first-order chi connectivity index (χ1) is 13.0. The van der Waals surface area contributed by atoms with Crippen LogP contribution in [-0.4, -0.2) is 35.6 Å². The highest BCUT2D eigenvalue weighted by Crippen LogP contribution is 2.25. The maximum absolute atomic E-state index is 12.8. The Balaban J connectivity index is 1.64. The van der Waals surface area contributed by atoms with E-state index in [1.165, 1.54) is 11.8 Å². The minimum absolute atomic E-state index is 0.102. The van der Waals surface area contributed by atoms with Crippen molar-refractivity contribution in [2.75, 3.05) is 18.8 Å². The molecule has 0 bridgehead atoms. The van der Waals surface area contributed by atoms with Crippen molar-refractivity contribution in [2.24, 2.45) is 0 Å². The predicted octanol–water partition coefficient (Wildman–Crippen LogP) is 4.65. The molecule has 1 fully saturated rings. The molecule has 1 atom stereocenters. The van der Waals surface area contributed by atoms with E-state index >= 15 is 0 Å². The van der Waals surface area contributed by atoms with Gasteiger partial charge in [0.15, 0.2) is 0 Å². The van der Waals surface area contributed by atoms with Gasteiger partial charge in [0.1, 0.15) is 0 Å². The van der Waals surface area contributed by atoms with Gasteiger partial charge in [-0.1, -0.05) is 40.2 Å². The molecule has 1 aliphatic heterocycles. The zero-order chi connectivity index (χ0) is 19.2. The molecule has 1 aliphatic rings. The highest BCUT2D eigenvalue weighted by atomic mass is 79.9. The van der Waals surface area contributed by atoms with Crippen LogP contribution in [0.3, 0.4) is 0 Å². The summed E-state index contributed by atoms with van der Waals surface area (Å²) in [4.78, 5) is 27.8. The molecule has 0 radical (unpaired) electrons. The number of benzene rings is 2. The molecule has 2 amide bonds. The molecule has 3 rings (SSSR count). The number of hydrogen-bond acceptors (Lipinski definition) is 3. The predicted molar refractivity (Wildman–Crippen MR) is 113 cm³/mol. The van der Waals surface area contributed by atoms with Crippen molar-refractivity contribution in [3.8, 4) is 0 Å².